The third kappa shape index (κ3) is 3.05. The van der Waals surface area contributed by atoms with Crippen LogP contribution in [0, 0.1) is 0 Å². The molecule has 0 spiro atoms. The van der Waals surface area contributed by atoms with Crippen LogP contribution in [0.1, 0.15) is 24.2 Å². The molecule has 3 rings (SSSR count). The van der Waals surface area contributed by atoms with E-state index in [9.17, 15) is 4.79 Å². The van der Waals surface area contributed by atoms with Gasteiger partial charge in [-0.1, -0.05) is 32.0 Å². The first-order valence-electron chi connectivity index (χ1n) is 6.74. The van der Waals surface area contributed by atoms with Crippen molar-refractivity contribution < 1.29 is 4.79 Å². The number of fused-ring (bicyclic) bond motifs is 1. The van der Waals surface area contributed by atoms with Gasteiger partial charge in [-0.15, -0.1) is 0 Å². The van der Waals surface area contributed by atoms with E-state index >= 15 is 0 Å². The summed E-state index contributed by atoms with van der Waals surface area (Å²) in [5.74, 6) is 0.200. The molecule has 21 heavy (non-hydrogen) atoms. The maximum atomic E-state index is 12.1. The predicted octanol–water partition coefficient (Wildman–Crippen LogP) is 2.64. The molecule has 0 unspecified atom stereocenters. The zero-order valence-electron chi connectivity index (χ0n) is 12.2. The third-order valence-electron chi connectivity index (χ3n) is 2.76. The summed E-state index contributed by atoms with van der Waals surface area (Å²) < 4.78 is 1.77. The number of anilines is 1. The first-order valence-corrected chi connectivity index (χ1v) is 6.74. The highest BCUT2D eigenvalue weighted by molar-refractivity contribution is 6.06. The number of amides is 1. The van der Waals surface area contributed by atoms with E-state index in [2.05, 4.69) is 20.3 Å². The summed E-state index contributed by atoms with van der Waals surface area (Å²) >= 11 is 0. The molecule has 1 amide bonds. The molecule has 2 aromatic heterocycles. The second-order valence-electron chi connectivity index (χ2n) is 4.07. The van der Waals surface area contributed by atoms with Crippen LogP contribution in [0.3, 0.4) is 0 Å². The van der Waals surface area contributed by atoms with Crippen LogP contribution >= 0.6 is 0 Å². The number of hydrogen-bond acceptors (Lipinski definition) is 4. The number of hydrogen-bond donors (Lipinski definition) is 1. The van der Waals surface area contributed by atoms with Crippen LogP contribution in [0.2, 0.25) is 0 Å². The van der Waals surface area contributed by atoms with Crippen LogP contribution in [0.15, 0.2) is 43.0 Å². The molecule has 6 heteroatoms. The van der Waals surface area contributed by atoms with E-state index < -0.39 is 0 Å². The molecule has 0 fully saturated rings. The summed E-state index contributed by atoms with van der Waals surface area (Å²) in [6, 6.07) is 8.97. The van der Waals surface area contributed by atoms with Gasteiger partial charge in [0, 0.05) is 12.6 Å². The van der Waals surface area contributed by atoms with Crippen LogP contribution in [-0.2, 0) is 7.05 Å². The average molecular weight is 283 g/mol. The third-order valence-corrected chi connectivity index (χ3v) is 2.76. The van der Waals surface area contributed by atoms with E-state index in [0.29, 0.717) is 22.5 Å². The Balaban J connectivity index is 0.000000774. The molecular weight excluding hydrogens is 266 g/mol. The quantitative estimate of drug-likeness (QED) is 0.784. The SMILES string of the molecule is CC.Cn1cnc2c(NC(=O)c3ccccc3)ncnc21. The molecule has 108 valence electrons. The van der Waals surface area contributed by atoms with Crippen LogP contribution in [-0.4, -0.2) is 25.4 Å². The molecule has 0 aliphatic carbocycles. The zero-order chi connectivity index (χ0) is 15.2. The summed E-state index contributed by atoms with van der Waals surface area (Å²) in [4.78, 5) is 24.4. The molecule has 0 saturated carbocycles. The minimum Gasteiger partial charge on any atom is -0.318 e. The van der Waals surface area contributed by atoms with Gasteiger partial charge in [-0.05, 0) is 12.1 Å². The Hall–Kier alpha value is -2.76. The number of rotatable bonds is 2. The van der Waals surface area contributed by atoms with Crippen molar-refractivity contribution in [1.29, 1.82) is 0 Å². The molecule has 0 saturated heterocycles. The van der Waals surface area contributed by atoms with Gasteiger partial charge < -0.3 is 9.88 Å². The topological polar surface area (TPSA) is 72.7 Å². The number of nitrogens with one attached hydrogen (secondary N) is 1. The van der Waals surface area contributed by atoms with Gasteiger partial charge in [0.1, 0.15) is 6.33 Å². The number of imidazole rings is 1. The highest BCUT2D eigenvalue weighted by Crippen LogP contribution is 2.17. The van der Waals surface area contributed by atoms with Crippen molar-refractivity contribution in [2.75, 3.05) is 5.32 Å². The molecule has 1 aromatic carbocycles. The molecule has 6 nitrogen and oxygen atoms in total. The number of aryl methyl sites for hydroxylation is 1. The lowest BCUT2D eigenvalue weighted by Gasteiger charge is -2.04. The Kier molecular flexibility index (Phi) is 4.61. The molecule has 0 aliphatic rings. The first-order chi connectivity index (χ1) is 10.3. The van der Waals surface area contributed by atoms with E-state index in [1.807, 2.05) is 39.1 Å². The normalized spacial score (nSPS) is 9.86. The summed E-state index contributed by atoms with van der Waals surface area (Å²) in [6.07, 6.45) is 3.04. The van der Waals surface area contributed by atoms with E-state index in [-0.39, 0.29) is 5.91 Å². The van der Waals surface area contributed by atoms with Crippen LogP contribution < -0.4 is 5.32 Å². The lowest BCUT2D eigenvalue weighted by atomic mass is 10.2. The predicted molar refractivity (Wildman–Crippen MR) is 82.0 cm³/mol. The summed E-state index contributed by atoms with van der Waals surface area (Å²) in [5, 5.41) is 2.75. The Morgan fingerprint density at radius 3 is 2.52 bits per heavy atom. The van der Waals surface area contributed by atoms with Gasteiger partial charge in [0.25, 0.3) is 5.91 Å². The summed E-state index contributed by atoms with van der Waals surface area (Å²) in [7, 11) is 1.84. The molecule has 3 aromatic rings. The van der Waals surface area contributed by atoms with Gasteiger partial charge in [0.05, 0.1) is 6.33 Å². The van der Waals surface area contributed by atoms with Crippen LogP contribution in [0.25, 0.3) is 11.2 Å². The molecule has 0 bridgehead atoms. The molecule has 1 N–H and O–H groups in total. The molecule has 0 radical (unpaired) electrons. The largest absolute Gasteiger partial charge is 0.318 e. The van der Waals surface area contributed by atoms with Gasteiger partial charge in [0.15, 0.2) is 17.0 Å². The van der Waals surface area contributed by atoms with Crippen molar-refractivity contribution in [2.45, 2.75) is 13.8 Å². The molecule has 0 aliphatic heterocycles. The number of carbonyl (C=O) groups is 1. The molecule has 2 heterocycles. The lowest BCUT2D eigenvalue weighted by Crippen LogP contribution is -2.13. The summed E-state index contributed by atoms with van der Waals surface area (Å²) in [6.45, 7) is 4.00. The van der Waals surface area contributed by atoms with Gasteiger partial charge in [-0.25, -0.2) is 15.0 Å². The smallest absolute Gasteiger partial charge is 0.256 e. The van der Waals surface area contributed by atoms with Crippen molar-refractivity contribution in [3.05, 3.63) is 48.5 Å². The zero-order valence-corrected chi connectivity index (χ0v) is 12.2. The van der Waals surface area contributed by atoms with Gasteiger partial charge >= 0.3 is 0 Å². The van der Waals surface area contributed by atoms with Crippen molar-refractivity contribution in [2.24, 2.45) is 7.05 Å². The molecular formula is C15H17N5O. The van der Waals surface area contributed by atoms with Crippen molar-refractivity contribution in [3.8, 4) is 0 Å². The Labute approximate surface area is 122 Å². The fourth-order valence-electron chi connectivity index (χ4n) is 1.81. The van der Waals surface area contributed by atoms with E-state index in [1.54, 1.807) is 23.0 Å². The maximum absolute atomic E-state index is 12.1. The van der Waals surface area contributed by atoms with Crippen molar-refractivity contribution >= 4 is 22.9 Å². The van der Waals surface area contributed by atoms with Gasteiger partial charge in [-0.3, -0.25) is 4.79 Å². The monoisotopic (exact) mass is 283 g/mol. The van der Waals surface area contributed by atoms with Crippen LogP contribution in [0.5, 0.6) is 0 Å². The number of carbonyl (C=O) groups excluding carboxylic acids is 1. The molecule has 0 atom stereocenters. The second-order valence-corrected chi connectivity index (χ2v) is 4.07. The first kappa shape index (κ1) is 14.6. The fourth-order valence-corrected chi connectivity index (χ4v) is 1.81. The highest BCUT2D eigenvalue weighted by atomic mass is 16.1. The minimum absolute atomic E-state index is 0.216. The Morgan fingerprint density at radius 2 is 1.81 bits per heavy atom. The Bertz CT molecular complexity index is 736. The second kappa shape index (κ2) is 6.60. The number of nitrogens with zero attached hydrogens (tertiary/aromatic N) is 4. The number of benzene rings is 1. The standard InChI is InChI=1S/C13H11N5O.C2H6/c1-18-8-16-10-11(14-7-15-12(10)18)17-13(19)9-5-3-2-4-6-9;1-2/h2-8H,1H3,(H,14,15,17,19);1-2H3. The fraction of sp³-hybridized carbons (Fsp3) is 0.200. The van der Waals surface area contributed by atoms with Crippen molar-refractivity contribution in [1.82, 2.24) is 19.5 Å². The van der Waals surface area contributed by atoms with Gasteiger partial charge in [0.2, 0.25) is 0 Å². The maximum Gasteiger partial charge on any atom is 0.256 e. The van der Waals surface area contributed by atoms with E-state index in [4.69, 9.17) is 0 Å². The highest BCUT2D eigenvalue weighted by Gasteiger charge is 2.12. The van der Waals surface area contributed by atoms with Gasteiger partial charge in [-0.2, -0.15) is 0 Å². The van der Waals surface area contributed by atoms with E-state index in [0.717, 1.165) is 0 Å². The minimum atomic E-state index is -0.216. The Morgan fingerprint density at radius 1 is 1.10 bits per heavy atom. The summed E-state index contributed by atoms with van der Waals surface area (Å²) in [5.41, 5.74) is 1.83. The average Bonchev–Trinajstić information content (AvgIpc) is 2.93. The van der Waals surface area contributed by atoms with E-state index in [1.165, 1.54) is 6.33 Å². The lowest BCUT2D eigenvalue weighted by molar-refractivity contribution is 0.102. The number of aromatic nitrogens is 4. The van der Waals surface area contributed by atoms with Crippen molar-refractivity contribution in [3.63, 3.8) is 0 Å². The van der Waals surface area contributed by atoms with Crippen LogP contribution in [0.4, 0.5) is 5.82 Å².